The third kappa shape index (κ3) is 2.76. The van der Waals surface area contributed by atoms with Crippen molar-refractivity contribution in [1.82, 2.24) is 24.1 Å². The number of sulfonamides is 1. The zero-order valence-corrected chi connectivity index (χ0v) is 11.6. The summed E-state index contributed by atoms with van der Waals surface area (Å²) in [6, 6.07) is 0. The zero-order valence-electron chi connectivity index (χ0n) is 10.7. The summed E-state index contributed by atoms with van der Waals surface area (Å²) in [6.45, 7) is 2.51. The Bertz CT molecular complexity index is 672. The summed E-state index contributed by atoms with van der Waals surface area (Å²) in [5, 5.41) is 3.91. The molecule has 0 aliphatic rings. The number of hydrogen-bond acceptors (Lipinski definition) is 5. The van der Waals surface area contributed by atoms with Crippen molar-refractivity contribution in [2.45, 2.75) is 24.9 Å². The predicted molar refractivity (Wildman–Crippen MR) is 69.5 cm³/mol. The van der Waals surface area contributed by atoms with Crippen LogP contribution in [0.1, 0.15) is 12.7 Å². The molecule has 0 aromatic carbocycles. The Morgan fingerprint density at radius 2 is 2.21 bits per heavy atom. The van der Waals surface area contributed by atoms with Crippen LogP contribution in [-0.2, 0) is 30.2 Å². The van der Waals surface area contributed by atoms with Gasteiger partial charge in [0, 0.05) is 32.2 Å². The van der Waals surface area contributed by atoms with Gasteiger partial charge in [0.2, 0.25) is 10.0 Å². The lowest BCUT2D eigenvalue weighted by atomic mass is 10.6. The SMILES string of the molecule is CCn1cc(S(=O)(=O)NCc2nccn2C)c(N)n1. The molecule has 0 saturated heterocycles. The van der Waals surface area contributed by atoms with Crippen molar-refractivity contribution in [3.8, 4) is 0 Å². The van der Waals surface area contributed by atoms with Gasteiger partial charge in [-0.05, 0) is 6.92 Å². The van der Waals surface area contributed by atoms with Crippen LogP contribution in [-0.4, -0.2) is 27.7 Å². The average molecular weight is 284 g/mol. The first-order valence-electron chi connectivity index (χ1n) is 5.73. The number of nitrogen functional groups attached to an aromatic ring is 1. The number of hydrogen-bond donors (Lipinski definition) is 2. The van der Waals surface area contributed by atoms with Gasteiger partial charge in [0.1, 0.15) is 10.7 Å². The van der Waals surface area contributed by atoms with Crippen molar-refractivity contribution in [2.75, 3.05) is 5.73 Å². The molecule has 0 saturated carbocycles. The number of rotatable bonds is 5. The topological polar surface area (TPSA) is 108 Å². The lowest BCUT2D eigenvalue weighted by Gasteiger charge is -2.05. The van der Waals surface area contributed by atoms with E-state index in [0.29, 0.717) is 12.4 Å². The molecule has 0 fully saturated rings. The van der Waals surface area contributed by atoms with E-state index >= 15 is 0 Å². The molecule has 8 nitrogen and oxygen atoms in total. The molecule has 0 radical (unpaired) electrons. The number of aryl methyl sites for hydroxylation is 2. The minimum Gasteiger partial charge on any atom is -0.381 e. The van der Waals surface area contributed by atoms with Crippen LogP contribution in [0.4, 0.5) is 5.82 Å². The molecule has 0 bridgehead atoms. The van der Waals surface area contributed by atoms with Gasteiger partial charge in [-0.25, -0.2) is 18.1 Å². The minimum absolute atomic E-state index is 0.00538. The number of nitrogens with one attached hydrogen (secondary N) is 1. The third-order valence-electron chi connectivity index (χ3n) is 2.71. The Labute approximate surface area is 111 Å². The first-order chi connectivity index (χ1) is 8.94. The highest BCUT2D eigenvalue weighted by molar-refractivity contribution is 7.89. The summed E-state index contributed by atoms with van der Waals surface area (Å²) in [5.41, 5.74) is 5.61. The van der Waals surface area contributed by atoms with Crippen molar-refractivity contribution in [2.24, 2.45) is 7.05 Å². The Kier molecular flexibility index (Phi) is 3.58. The first-order valence-corrected chi connectivity index (χ1v) is 7.21. The molecule has 2 aromatic rings. The second kappa shape index (κ2) is 5.02. The van der Waals surface area contributed by atoms with E-state index in [4.69, 9.17) is 5.73 Å². The molecular weight excluding hydrogens is 268 g/mol. The number of anilines is 1. The van der Waals surface area contributed by atoms with Crippen LogP contribution in [0.3, 0.4) is 0 Å². The molecule has 2 rings (SSSR count). The van der Waals surface area contributed by atoms with E-state index in [1.165, 1.54) is 10.9 Å². The van der Waals surface area contributed by atoms with Gasteiger partial charge in [-0.2, -0.15) is 5.10 Å². The second-order valence-corrected chi connectivity index (χ2v) is 5.75. The van der Waals surface area contributed by atoms with Gasteiger partial charge in [0.05, 0.1) is 6.54 Å². The highest BCUT2D eigenvalue weighted by atomic mass is 32.2. The number of aromatic nitrogens is 4. The average Bonchev–Trinajstić information content (AvgIpc) is 2.93. The lowest BCUT2D eigenvalue weighted by molar-refractivity contribution is 0.577. The van der Waals surface area contributed by atoms with E-state index in [0.717, 1.165) is 0 Å². The van der Waals surface area contributed by atoms with E-state index in [-0.39, 0.29) is 17.3 Å². The highest BCUT2D eigenvalue weighted by Crippen LogP contribution is 2.16. The quantitative estimate of drug-likeness (QED) is 0.783. The summed E-state index contributed by atoms with van der Waals surface area (Å²) >= 11 is 0. The van der Waals surface area contributed by atoms with Crippen LogP contribution in [0, 0.1) is 0 Å². The van der Waals surface area contributed by atoms with Crippen molar-refractivity contribution < 1.29 is 8.42 Å². The minimum atomic E-state index is -3.68. The van der Waals surface area contributed by atoms with Gasteiger partial charge in [-0.1, -0.05) is 0 Å². The van der Waals surface area contributed by atoms with Crippen molar-refractivity contribution in [3.05, 3.63) is 24.4 Å². The van der Waals surface area contributed by atoms with Crippen LogP contribution < -0.4 is 10.5 Å². The fourth-order valence-electron chi connectivity index (χ4n) is 1.59. The molecule has 19 heavy (non-hydrogen) atoms. The molecule has 0 unspecified atom stereocenters. The molecular formula is C10H16N6O2S. The molecule has 9 heteroatoms. The highest BCUT2D eigenvalue weighted by Gasteiger charge is 2.21. The van der Waals surface area contributed by atoms with Crippen molar-refractivity contribution in [3.63, 3.8) is 0 Å². The van der Waals surface area contributed by atoms with Crippen molar-refractivity contribution in [1.29, 1.82) is 0 Å². The summed E-state index contributed by atoms with van der Waals surface area (Å²) in [5.74, 6) is 0.610. The standard InChI is InChI=1S/C10H16N6O2S/c1-3-16-7-8(10(11)14-16)19(17,18)13-6-9-12-4-5-15(9)2/h4-5,7,13H,3,6H2,1-2H3,(H2,11,14). The van der Waals surface area contributed by atoms with Crippen LogP contribution in [0.25, 0.3) is 0 Å². The molecule has 0 aliphatic carbocycles. The van der Waals surface area contributed by atoms with Gasteiger partial charge >= 0.3 is 0 Å². The molecule has 2 heterocycles. The number of nitrogens with two attached hydrogens (primary N) is 1. The van der Waals surface area contributed by atoms with Crippen LogP contribution in [0.5, 0.6) is 0 Å². The largest absolute Gasteiger partial charge is 0.381 e. The Morgan fingerprint density at radius 1 is 1.47 bits per heavy atom. The molecule has 3 N–H and O–H groups in total. The van der Waals surface area contributed by atoms with Crippen molar-refractivity contribution >= 4 is 15.8 Å². The maximum Gasteiger partial charge on any atom is 0.246 e. The number of imidazole rings is 1. The smallest absolute Gasteiger partial charge is 0.246 e. The molecule has 0 amide bonds. The second-order valence-electron chi connectivity index (χ2n) is 4.01. The van der Waals surface area contributed by atoms with E-state index < -0.39 is 10.0 Å². The molecule has 0 spiro atoms. The summed E-state index contributed by atoms with van der Waals surface area (Å²) in [4.78, 5) is 4.03. The predicted octanol–water partition coefficient (Wildman–Crippen LogP) is -0.303. The van der Waals surface area contributed by atoms with Crippen LogP contribution >= 0.6 is 0 Å². The van der Waals surface area contributed by atoms with Gasteiger partial charge in [-0.15, -0.1) is 0 Å². The maximum absolute atomic E-state index is 12.1. The van der Waals surface area contributed by atoms with Gasteiger partial charge in [0.25, 0.3) is 0 Å². The molecule has 0 aliphatic heterocycles. The fourth-order valence-corrected chi connectivity index (χ4v) is 2.64. The Hall–Kier alpha value is -1.87. The van der Waals surface area contributed by atoms with Gasteiger partial charge in [-0.3, -0.25) is 4.68 Å². The third-order valence-corrected chi connectivity index (χ3v) is 4.13. The summed E-state index contributed by atoms with van der Waals surface area (Å²) in [6.07, 6.45) is 4.76. The van der Waals surface area contributed by atoms with Crippen LogP contribution in [0.15, 0.2) is 23.5 Å². The Balaban J connectivity index is 2.18. The summed E-state index contributed by atoms with van der Waals surface area (Å²) < 4.78 is 29.9. The van der Waals surface area contributed by atoms with E-state index in [1.807, 2.05) is 6.92 Å². The lowest BCUT2D eigenvalue weighted by Crippen LogP contribution is -2.25. The molecule has 2 aromatic heterocycles. The maximum atomic E-state index is 12.1. The molecule has 104 valence electrons. The molecule has 0 atom stereocenters. The van der Waals surface area contributed by atoms with E-state index in [9.17, 15) is 8.42 Å². The monoisotopic (exact) mass is 284 g/mol. The van der Waals surface area contributed by atoms with Gasteiger partial charge in [0.15, 0.2) is 5.82 Å². The van der Waals surface area contributed by atoms with Gasteiger partial charge < -0.3 is 10.3 Å². The summed E-state index contributed by atoms with van der Waals surface area (Å²) in [7, 11) is -1.89. The number of nitrogens with zero attached hydrogens (tertiary/aromatic N) is 4. The first kappa shape index (κ1) is 13.6. The zero-order chi connectivity index (χ0) is 14.0. The Morgan fingerprint density at radius 3 is 2.74 bits per heavy atom. The van der Waals surface area contributed by atoms with E-state index in [2.05, 4.69) is 14.8 Å². The van der Waals surface area contributed by atoms with E-state index in [1.54, 1.807) is 24.0 Å². The van der Waals surface area contributed by atoms with Crippen LogP contribution in [0.2, 0.25) is 0 Å². The normalized spacial score (nSPS) is 11.9. The fraction of sp³-hybridized carbons (Fsp3) is 0.400.